The quantitative estimate of drug-likeness (QED) is 0.834. The second-order valence-electron chi connectivity index (χ2n) is 3.91. The van der Waals surface area contributed by atoms with Crippen LogP contribution in [-0.2, 0) is 11.3 Å². The van der Waals surface area contributed by atoms with Gasteiger partial charge in [0.25, 0.3) is 0 Å². The number of halogens is 1. The predicted molar refractivity (Wildman–Crippen MR) is 71.5 cm³/mol. The fraction of sp³-hybridized carbons (Fsp3) is 0.167. The first-order valence-electron chi connectivity index (χ1n) is 5.39. The van der Waals surface area contributed by atoms with Gasteiger partial charge in [0.15, 0.2) is 0 Å². The lowest BCUT2D eigenvalue weighted by Crippen LogP contribution is -2.20. The Hall–Kier alpha value is -2.01. The van der Waals surface area contributed by atoms with E-state index in [1.165, 1.54) is 0 Å². The molecule has 0 saturated carbocycles. The van der Waals surface area contributed by atoms with Crippen LogP contribution in [0.5, 0.6) is 0 Å². The zero-order valence-corrected chi connectivity index (χ0v) is 10.6. The predicted octanol–water partition coefficient (Wildman–Crippen LogP) is 2.07. The Kier molecular flexibility index (Phi) is 3.53. The van der Waals surface area contributed by atoms with Gasteiger partial charge in [-0.3, -0.25) is 9.48 Å². The van der Waals surface area contributed by atoms with Gasteiger partial charge in [0, 0.05) is 16.9 Å². The molecule has 2 aromatic rings. The number of benzene rings is 1. The van der Waals surface area contributed by atoms with E-state index >= 15 is 0 Å². The highest BCUT2D eigenvalue weighted by atomic mass is 35.5. The van der Waals surface area contributed by atoms with Gasteiger partial charge < -0.3 is 11.1 Å². The Morgan fingerprint density at radius 1 is 1.50 bits per heavy atom. The number of rotatable bonds is 3. The summed E-state index contributed by atoms with van der Waals surface area (Å²) in [5, 5.41) is 7.29. The number of carbonyl (C=O) groups is 1. The van der Waals surface area contributed by atoms with Crippen LogP contribution >= 0.6 is 11.6 Å². The van der Waals surface area contributed by atoms with Gasteiger partial charge >= 0.3 is 0 Å². The van der Waals surface area contributed by atoms with Crippen molar-refractivity contribution < 1.29 is 4.79 Å². The Morgan fingerprint density at radius 2 is 2.28 bits per heavy atom. The summed E-state index contributed by atoms with van der Waals surface area (Å²) in [6.07, 6.45) is 1.65. The van der Waals surface area contributed by atoms with Gasteiger partial charge in [0.2, 0.25) is 5.91 Å². The lowest BCUT2D eigenvalue weighted by atomic mass is 10.2. The fourth-order valence-corrected chi connectivity index (χ4v) is 1.72. The number of hydrogen-bond acceptors (Lipinski definition) is 3. The number of nitrogens with zero attached hydrogens (tertiary/aromatic N) is 2. The van der Waals surface area contributed by atoms with Crippen molar-refractivity contribution in [2.24, 2.45) is 0 Å². The molecule has 0 bridgehead atoms. The number of nitrogens with one attached hydrogen (secondary N) is 1. The molecular formula is C12H13ClN4O. The minimum atomic E-state index is -0.184. The van der Waals surface area contributed by atoms with Crippen molar-refractivity contribution in [1.29, 1.82) is 0 Å². The number of nitrogens with two attached hydrogens (primary N) is 1. The van der Waals surface area contributed by atoms with E-state index in [-0.39, 0.29) is 12.5 Å². The van der Waals surface area contributed by atoms with Gasteiger partial charge in [0.1, 0.15) is 6.54 Å². The van der Waals surface area contributed by atoms with Crippen molar-refractivity contribution in [3.05, 3.63) is 41.2 Å². The molecule has 1 aromatic heterocycles. The smallest absolute Gasteiger partial charge is 0.246 e. The van der Waals surface area contributed by atoms with E-state index in [0.29, 0.717) is 16.4 Å². The van der Waals surface area contributed by atoms with Gasteiger partial charge in [0.05, 0.1) is 11.4 Å². The maximum Gasteiger partial charge on any atom is 0.246 e. The SMILES string of the molecule is Cc1ccnn1CC(=O)Nc1ccc(Cl)cc1N. The lowest BCUT2D eigenvalue weighted by Gasteiger charge is -2.09. The number of aryl methyl sites for hydroxylation is 1. The molecule has 0 aliphatic rings. The number of nitrogen functional groups attached to an aromatic ring is 1. The van der Waals surface area contributed by atoms with E-state index in [9.17, 15) is 4.79 Å². The first-order valence-corrected chi connectivity index (χ1v) is 5.77. The molecule has 0 spiro atoms. The standard InChI is InChI=1S/C12H13ClN4O/c1-8-4-5-15-17(8)7-12(18)16-11-3-2-9(13)6-10(11)14/h2-6H,7,14H2,1H3,(H,16,18). The van der Waals surface area contributed by atoms with Crippen molar-refractivity contribution in [2.75, 3.05) is 11.1 Å². The molecule has 1 heterocycles. The van der Waals surface area contributed by atoms with E-state index in [4.69, 9.17) is 17.3 Å². The molecule has 0 saturated heterocycles. The lowest BCUT2D eigenvalue weighted by molar-refractivity contribution is -0.116. The van der Waals surface area contributed by atoms with Crippen molar-refractivity contribution in [1.82, 2.24) is 9.78 Å². The molecule has 0 atom stereocenters. The Morgan fingerprint density at radius 3 is 2.89 bits per heavy atom. The minimum absolute atomic E-state index is 0.154. The molecule has 0 fully saturated rings. The van der Waals surface area contributed by atoms with Crippen LogP contribution in [0.25, 0.3) is 0 Å². The number of carbonyl (C=O) groups excluding carboxylic acids is 1. The largest absolute Gasteiger partial charge is 0.397 e. The van der Waals surface area contributed by atoms with Crippen LogP contribution < -0.4 is 11.1 Å². The average Bonchev–Trinajstić information content (AvgIpc) is 2.69. The molecule has 0 unspecified atom stereocenters. The third-order valence-corrected chi connectivity index (χ3v) is 2.75. The van der Waals surface area contributed by atoms with Gasteiger partial charge in [-0.05, 0) is 31.2 Å². The molecule has 0 radical (unpaired) electrons. The highest BCUT2D eigenvalue weighted by molar-refractivity contribution is 6.31. The third-order valence-electron chi connectivity index (χ3n) is 2.51. The van der Waals surface area contributed by atoms with Crippen LogP contribution in [0.1, 0.15) is 5.69 Å². The van der Waals surface area contributed by atoms with Crippen molar-refractivity contribution in [3.8, 4) is 0 Å². The topological polar surface area (TPSA) is 72.9 Å². The summed E-state index contributed by atoms with van der Waals surface area (Å²) in [4.78, 5) is 11.8. The van der Waals surface area contributed by atoms with Gasteiger partial charge in [-0.15, -0.1) is 0 Å². The third kappa shape index (κ3) is 2.81. The summed E-state index contributed by atoms with van der Waals surface area (Å²) in [7, 11) is 0. The van der Waals surface area contributed by atoms with Crippen LogP contribution in [0.4, 0.5) is 11.4 Å². The van der Waals surface area contributed by atoms with Crippen molar-refractivity contribution >= 4 is 28.9 Å². The fourth-order valence-electron chi connectivity index (χ4n) is 1.54. The maximum atomic E-state index is 11.8. The van der Waals surface area contributed by atoms with Crippen molar-refractivity contribution in [2.45, 2.75) is 13.5 Å². The zero-order valence-electron chi connectivity index (χ0n) is 9.85. The first-order chi connectivity index (χ1) is 8.56. The van der Waals surface area contributed by atoms with Gasteiger partial charge in [-0.1, -0.05) is 11.6 Å². The molecule has 6 heteroatoms. The summed E-state index contributed by atoms with van der Waals surface area (Å²) in [5.41, 5.74) is 7.66. The molecule has 5 nitrogen and oxygen atoms in total. The molecule has 1 aromatic carbocycles. The highest BCUT2D eigenvalue weighted by Crippen LogP contribution is 2.22. The monoisotopic (exact) mass is 264 g/mol. The van der Waals surface area contributed by atoms with Crippen LogP contribution in [-0.4, -0.2) is 15.7 Å². The Bertz CT molecular complexity index is 579. The normalized spacial score (nSPS) is 10.3. The average molecular weight is 265 g/mol. The van der Waals surface area contributed by atoms with Crippen LogP contribution in [0.15, 0.2) is 30.5 Å². The number of aromatic nitrogens is 2. The van der Waals surface area contributed by atoms with Crippen LogP contribution in [0.2, 0.25) is 5.02 Å². The molecule has 18 heavy (non-hydrogen) atoms. The summed E-state index contributed by atoms with van der Waals surface area (Å²) in [6.45, 7) is 2.04. The molecular weight excluding hydrogens is 252 g/mol. The summed E-state index contributed by atoms with van der Waals surface area (Å²) in [6, 6.07) is 6.78. The number of anilines is 2. The molecule has 0 aliphatic heterocycles. The van der Waals surface area contributed by atoms with E-state index in [0.717, 1.165) is 5.69 Å². The summed E-state index contributed by atoms with van der Waals surface area (Å²) in [5.74, 6) is -0.184. The number of hydrogen-bond donors (Lipinski definition) is 2. The molecule has 0 aliphatic carbocycles. The molecule has 1 amide bonds. The van der Waals surface area contributed by atoms with E-state index in [2.05, 4.69) is 10.4 Å². The second kappa shape index (κ2) is 5.10. The van der Waals surface area contributed by atoms with E-state index in [1.807, 2.05) is 13.0 Å². The molecule has 2 rings (SSSR count). The molecule has 3 N–H and O–H groups in total. The van der Waals surface area contributed by atoms with Gasteiger partial charge in [-0.2, -0.15) is 5.10 Å². The highest BCUT2D eigenvalue weighted by Gasteiger charge is 2.08. The zero-order chi connectivity index (χ0) is 13.1. The molecule has 94 valence electrons. The summed E-state index contributed by atoms with van der Waals surface area (Å²) >= 11 is 5.78. The number of amides is 1. The van der Waals surface area contributed by atoms with Gasteiger partial charge in [-0.25, -0.2) is 0 Å². The van der Waals surface area contributed by atoms with E-state index < -0.39 is 0 Å². The summed E-state index contributed by atoms with van der Waals surface area (Å²) < 4.78 is 1.61. The van der Waals surface area contributed by atoms with E-state index in [1.54, 1.807) is 29.1 Å². The Labute approximate surface area is 110 Å². The second-order valence-corrected chi connectivity index (χ2v) is 4.35. The first kappa shape index (κ1) is 12.4. The Balaban J connectivity index is 2.05. The van der Waals surface area contributed by atoms with Crippen molar-refractivity contribution in [3.63, 3.8) is 0 Å². The maximum absolute atomic E-state index is 11.8. The van der Waals surface area contributed by atoms with Crippen LogP contribution in [0, 0.1) is 6.92 Å². The van der Waals surface area contributed by atoms with Crippen LogP contribution in [0.3, 0.4) is 0 Å². The minimum Gasteiger partial charge on any atom is -0.397 e.